The normalized spacial score (nSPS) is 24.9. The third-order valence-corrected chi connectivity index (χ3v) is 6.31. The Labute approximate surface area is 110 Å². The van der Waals surface area contributed by atoms with Crippen LogP contribution in [-0.2, 0) is 16.3 Å². The molecule has 1 saturated heterocycles. The summed E-state index contributed by atoms with van der Waals surface area (Å²) >= 11 is 7.35. The van der Waals surface area contributed by atoms with Crippen LogP contribution >= 0.6 is 22.9 Å². The summed E-state index contributed by atoms with van der Waals surface area (Å²) in [6, 6.07) is 3.78. The fourth-order valence-electron chi connectivity index (χ4n) is 2.30. The van der Waals surface area contributed by atoms with E-state index >= 15 is 0 Å². The summed E-state index contributed by atoms with van der Waals surface area (Å²) in [7, 11) is -2.87. The molecule has 1 aromatic rings. The lowest BCUT2D eigenvalue weighted by molar-refractivity contribution is 0.184. The lowest BCUT2D eigenvalue weighted by Crippen LogP contribution is -2.21. The summed E-state index contributed by atoms with van der Waals surface area (Å²) in [4.78, 5) is 1.11. The molecule has 17 heavy (non-hydrogen) atoms. The predicted molar refractivity (Wildman–Crippen MR) is 70.4 cm³/mol. The highest BCUT2D eigenvalue weighted by molar-refractivity contribution is 7.91. The Balaban J connectivity index is 2.02. The molecule has 6 heteroatoms. The second-order valence-corrected chi connectivity index (χ2v) is 8.54. The highest BCUT2D eigenvalue weighted by atomic mass is 35.5. The maximum atomic E-state index is 11.4. The molecule has 96 valence electrons. The quantitative estimate of drug-likeness (QED) is 0.924. The predicted octanol–water partition coefficient (Wildman–Crippen LogP) is 1.99. The van der Waals surface area contributed by atoms with Crippen LogP contribution in [0.4, 0.5) is 0 Å². The standard InChI is InChI=1S/C11H15ClO3S2/c12-11-2-1-10(16-11)5-9(6-13)8-3-4-17(14,15)7-8/h1-2,8-9,13H,3-7H2. The fourth-order valence-corrected chi connectivity index (χ4v) is 5.40. The van der Waals surface area contributed by atoms with Crippen molar-refractivity contribution in [3.8, 4) is 0 Å². The number of aliphatic hydroxyl groups excluding tert-OH is 1. The summed E-state index contributed by atoms with van der Waals surface area (Å²) in [5.41, 5.74) is 0. The van der Waals surface area contributed by atoms with Crippen LogP contribution in [-0.4, -0.2) is 31.6 Å². The molecular formula is C11H15ClO3S2. The molecule has 3 nitrogen and oxygen atoms in total. The summed E-state index contributed by atoms with van der Waals surface area (Å²) in [6.45, 7) is 0.0374. The molecule has 2 rings (SSSR count). The van der Waals surface area contributed by atoms with Crippen LogP contribution in [0.15, 0.2) is 12.1 Å². The Bertz CT molecular complexity index is 481. The van der Waals surface area contributed by atoms with Gasteiger partial charge in [0.1, 0.15) is 0 Å². The number of thiophene rings is 1. The van der Waals surface area contributed by atoms with Gasteiger partial charge in [0.05, 0.1) is 15.8 Å². The third kappa shape index (κ3) is 3.44. The maximum Gasteiger partial charge on any atom is 0.150 e. The number of halogens is 1. The van der Waals surface area contributed by atoms with E-state index in [4.69, 9.17) is 11.6 Å². The summed E-state index contributed by atoms with van der Waals surface area (Å²) in [6.07, 6.45) is 1.39. The molecule has 2 atom stereocenters. The second-order valence-electron chi connectivity index (χ2n) is 4.52. The Kier molecular flexibility index (Phi) is 4.13. The molecule has 1 fully saturated rings. The molecule has 2 heterocycles. The molecule has 1 aromatic heterocycles. The smallest absolute Gasteiger partial charge is 0.150 e. The first-order valence-electron chi connectivity index (χ1n) is 5.55. The number of rotatable bonds is 4. The van der Waals surface area contributed by atoms with Gasteiger partial charge in [0.25, 0.3) is 0 Å². The zero-order chi connectivity index (χ0) is 12.5. The van der Waals surface area contributed by atoms with Gasteiger partial charge in [0, 0.05) is 11.5 Å². The molecule has 0 amide bonds. The van der Waals surface area contributed by atoms with Gasteiger partial charge in [-0.05, 0) is 36.8 Å². The minimum atomic E-state index is -2.87. The van der Waals surface area contributed by atoms with E-state index in [9.17, 15) is 13.5 Å². The van der Waals surface area contributed by atoms with E-state index in [0.29, 0.717) is 12.8 Å². The van der Waals surface area contributed by atoms with E-state index in [1.54, 1.807) is 0 Å². The van der Waals surface area contributed by atoms with Crippen LogP contribution in [0.5, 0.6) is 0 Å². The highest BCUT2D eigenvalue weighted by Gasteiger charge is 2.33. The van der Waals surface area contributed by atoms with Crippen molar-refractivity contribution in [2.24, 2.45) is 11.8 Å². The molecule has 0 radical (unpaired) electrons. The van der Waals surface area contributed by atoms with Gasteiger partial charge in [-0.3, -0.25) is 0 Å². The van der Waals surface area contributed by atoms with Crippen LogP contribution in [0.2, 0.25) is 4.34 Å². The average Bonchev–Trinajstić information content (AvgIpc) is 2.81. The van der Waals surface area contributed by atoms with Gasteiger partial charge in [-0.2, -0.15) is 0 Å². The van der Waals surface area contributed by atoms with Crippen molar-refractivity contribution in [2.75, 3.05) is 18.1 Å². The first-order valence-corrected chi connectivity index (χ1v) is 8.57. The Morgan fingerprint density at radius 2 is 2.29 bits per heavy atom. The van der Waals surface area contributed by atoms with Crippen molar-refractivity contribution < 1.29 is 13.5 Å². The topological polar surface area (TPSA) is 54.4 Å². The number of aliphatic hydroxyl groups is 1. The van der Waals surface area contributed by atoms with Crippen LogP contribution in [0.1, 0.15) is 11.3 Å². The molecule has 1 aliphatic heterocycles. The SMILES string of the molecule is O=S1(=O)CCC(C(CO)Cc2ccc(Cl)s2)C1. The zero-order valence-corrected chi connectivity index (χ0v) is 11.7. The first-order chi connectivity index (χ1) is 8.00. The van der Waals surface area contributed by atoms with Crippen LogP contribution in [0, 0.1) is 11.8 Å². The minimum absolute atomic E-state index is 0.0296. The van der Waals surface area contributed by atoms with Crippen LogP contribution < -0.4 is 0 Å². The minimum Gasteiger partial charge on any atom is -0.396 e. The molecule has 0 bridgehead atoms. The van der Waals surface area contributed by atoms with E-state index in [1.165, 1.54) is 11.3 Å². The second kappa shape index (κ2) is 5.26. The maximum absolute atomic E-state index is 11.4. The van der Waals surface area contributed by atoms with Crippen molar-refractivity contribution in [2.45, 2.75) is 12.8 Å². The number of hydrogen-bond acceptors (Lipinski definition) is 4. The average molecular weight is 295 g/mol. The largest absolute Gasteiger partial charge is 0.396 e. The lowest BCUT2D eigenvalue weighted by atomic mass is 9.89. The van der Waals surface area contributed by atoms with Crippen molar-refractivity contribution in [1.29, 1.82) is 0 Å². The summed E-state index contributed by atoms with van der Waals surface area (Å²) < 4.78 is 23.6. The van der Waals surface area contributed by atoms with Gasteiger partial charge in [-0.25, -0.2) is 8.42 Å². The molecule has 0 aromatic carbocycles. The highest BCUT2D eigenvalue weighted by Crippen LogP contribution is 2.31. The molecular weight excluding hydrogens is 280 g/mol. The van der Waals surface area contributed by atoms with Gasteiger partial charge < -0.3 is 5.11 Å². The Morgan fingerprint density at radius 1 is 1.53 bits per heavy atom. The Hall–Kier alpha value is -0.100. The van der Waals surface area contributed by atoms with Gasteiger partial charge in [-0.1, -0.05) is 11.6 Å². The monoisotopic (exact) mass is 294 g/mol. The Morgan fingerprint density at radius 3 is 2.76 bits per heavy atom. The van der Waals surface area contributed by atoms with Crippen molar-refractivity contribution in [1.82, 2.24) is 0 Å². The first kappa shape index (κ1) is 13.3. The zero-order valence-electron chi connectivity index (χ0n) is 9.30. The van der Waals surface area contributed by atoms with E-state index < -0.39 is 9.84 Å². The third-order valence-electron chi connectivity index (χ3n) is 3.26. The van der Waals surface area contributed by atoms with E-state index in [0.717, 1.165) is 9.21 Å². The van der Waals surface area contributed by atoms with E-state index in [-0.39, 0.29) is 29.9 Å². The summed E-state index contributed by atoms with van der Waals surface area (Å²) in [5.74, 6) is 0.601. The van der Waals surface area contributed by atoms with Crippen LogP contribution in [0.25, 0.3) is 0 Å². The van der Waals surface area contributed by atoms with Crippen molar-refractivity contribution >= 4 is 32.8 Å². The molecule has 1 aliphatic rings. The number of hydrogen-bond donors (Lipinski definition) is 1. The molecule has 2 unspecified atom stereocenters. The molecule has 0 saturated carbocycles. The molecule has 0 aliphatic carbocycles. The van der Waals surface area contributed by atoms with E-state index in [1.807, 2.05) is 12.1 Å². The van der Waals surface area contributed by atoms with Crippen molar-refractivity contribution in [3.05, 3.63) is 21.3 Å². The van der Waals surface area contributed by atoms with E-state index in [2.05, 4.69) is 0 Å². The fraction of sp³-hybridized carbons (Fsp3) is 0.636. The lowest BCUT2D eigenvalue weighted by Gasteiger charge is -2.19. The van der Waals surface area contributed by atoms with Gasteiger partial charge >= 0.3 is 0 Å². The van der Waals surface area contributed by atoms with Crippen molar-refractivity contribution in [3.63, 3.8) is 0 Å². The van der Waals surface area contributed by atoms with Gasteiger partial charge in [0.15, 0.2) is 9.84 Å². The molecule has 0 spiro atoms. The van der Waals surface area contributed by atoms with Gasteiger partial charge in [0.2, 0.25) is 0 Å². The summed E-state index contributed by atoms with van der Waals surface area (Å²) in [5, 5.41) is 9.40. The number of sulfone groups is 1. The van der Waals surface area contributed by atoms with Crippen LogP contribution in [0.3, 0.4) is 0 Å². The van der Waals surface area contributed by atoms with Gasteiger partial charge in [-0.15, -0.1) is 11.3 Å². The molecule has 1 N–H and O–H groups in total.